The number of hydroxylamine groups is 2. The van der Waals surface area contributed by atoms with Crippen molar-refractivity contribution in [2.75, 3.05) is 0 Å². The summed E-state index contributed by atoms with van der Waals surface area (Å²) >= 11 is 0. The standard InChI is InChI=1S/C13H16N2O4/c1-13(2)10(11(16)15(13)18)14-12(17)19-8-9-6-4-3-5-7-9/h3-7,10,18H,8H2,1-2H3,(H,14,17)/t10-/m1/s1. The third kappa shape index (κ3) is 2.53. The monoisotopic (exact) mass is 264 g/mol. The lowest BCUT2D eigenvalue weighted by Gasteiger charge is -2.49. The van der Waals surface area contributed by atoms with Gasteiger partial charge in [-0.1, -0.05) is 30.3 Å². The van der Waals surface area contributed by atoms with E-state index in [1.165, 1.54) is 0 Å². The predicted octanol–water partition coefficient (Wildman–Crippen LogP) is 1.29. The second kappa shape index (κ2) is 4.89. The number of nitrogens with one attached hydrogen (secondary N) is 1. The van der Waals surface area contributed by atoms with Crippen molar-refractivity contribution in [3.63, 3.8) is 0 Å². The fourth-order valence-electron chi connectivity index (χ4n) is 1.89. The zero-order valence-electron chi connectivity index (χ0n) is 10.8. The summed E-state index contributed by atoms with van der Waals surface area (Å²) in [4.78, 5) is 23.0. The molecule has 1 aromatic carbocycles. The van der Waals surface area contributed by atoms with E-state index in [0.29, 0.717) is 5.06 Å². The van der Waals surface area contributed by atoms with Crippen molar-refractivity contribution in [3.8, 4) is 0 Å². The number of benzene rings is 1. The Kier molecular flexibility index (Phi) is 3.44. The Morgan fingerprint density at radius 1 is 1.42 bits per heavy atom. The van der Waals surface area contributed by atoms with E-state index in [0.717, 1.165) is 5.56 Å². The molecule has 0 unspecified atom stereocenters. The lowest BCUT2D eigenvalue weighted by molar-refractivity contribution is -0.231. The van der Waals surface area contributed by atoms with E-state index in [1.54, 1.807) is 13.8 Å². The van der Waals surface area contributed by atoms with Gasteiger partial charge in [0.25, 0.3) is 5.91 Å². The van der Waals surface area contributed by atoms with E-state index in [9.17, 15) is 14.8 Å². The van der Waals surface area contributed by atoms with Gasteiger partial charge >= 0.3 is 6.09 Å². The molecular formula is C13H16N2O4. The van der Waals surface area contributed by atoms with Crippen LogP contribution in [0.4, 0.5) is 4.79 Å². The topological polar surface area (TPSA) is 78.9 Å². The zero-order chi connectivity index (χ0) is 14.0. The molecule has 2 amide bonds. The molecule has 1 aromatic rings. The van der Waals surface area contributed by atoms with Gasteiger partial charge in [-0.15, -0.1) is 0 Å². The van der Waals surface area contributed by atoms with Crippen molar-refractivity contribution in [1.29, 1.82) is 0 Å². The number of alkyl carbamates (subject to hydrolysis) is 1. The first-order valence-electron chi connectivity index (χ1n) is 5.93. The Bertz CT molecular complexity index is 487. The van der Waals surface area contributed by atoms with Gasteiger partial charge in [-0.05, 0) is 19.4 Å². The smallest absolute Gasteiger partial charge is 0.408 e. The summed E-state index contributed by atoms with van der Waals surface area (Å²) in [6.45, 7) is 3.43. The molecule has 1 aliphatic rings. The van der Waals surface area contributed by atoms with Gasteiger partial charge < -0.3 is 10.1 Å². The van der Waals surface area contributed by atoms with Gasteiger partial charge in [-0.2, -0.15) is 0 Å². The molecule has 1 heterocycles. The molecule has 0 aliphatic carbocycles. The molecule has 6 heteroatoms. The summed E-state index contributed by atoms with van der Waals surface area (Å²) in [5.41, 5.74) is 0.0451. The first-order valence-corrected chi connectivity index (χ1v) is 5.93. The number of β-lactam (4-membered cyclic amide) rings is 1. The van der Waals surface area contributed by atoms with Gasteiger partial charge in [0.1, 0.15) is 12.6 Å². The molecular weight excluding hydrogens is 248 g/mol. The Balaban J connectivity index is 1.84. The molecule has 1 aliphatic heterocycles. The second-order valence-electron chi connectivity index (χ2n) is 4.94. The van der Waals surface area contributed by atoms with E-state index in [-0.39, 0.29) is 6.61 Å². The maximum absolute atomic E-state index is 11.6. The van der Waals surface area contributed by atoms with Gasteiger partial charge in [0.05, 0.1) is 5.54 Å². The molecule has 2 N–H and O–H groups in total. The molecule has 102 valence electrons. The molecule has 6 nitrogen and oxygen atoms in total. The molecule has 0 aromatic heterocycles. The van der Waals surface area contributed by atoms with Crippen LogP contribution in [-0.2, 0) is 16.1 Å². The molecule has 1 fully saturated rings. The summed E-state index contributed by atoms with van der Waals surface area (Å²) in [5, 5.41) is 12.4. The highest BCUT2D eigenvalue weighted by Gasteiger charge is 2.55. The van der Waals surface area contributed by atoms with Crippen LogP contribution in [-0.4, -0.2) is 33.9 Å². The van der Waals surface area contributed by atoms with Crippen LogP contribution < -0.4 is 5.32 Å². The van der Waals surface area contributed by atoms with Crippen molar-refractivity contribution in [1.82, 2.24) is 10.4 Å². The summed E-state index contributed by atoms with van der Waals surface area (Å²) in [6.07, 6.45) is -0.677. The average molecular weight is 264 g/mol. The molecule has 1 atom stereocenters. The Morgan fingerprint density at radius 3 is 2.63 bits per heavy atom. The summed E-state index contributed by atoms with van der Waals surface area (Å²) in [7, 11) is 0. The predicted molar refractivity (Wildman–Crippen MR) is 66.3 cm³/mol. The number of amides is 2. The third-order valence-electron chi connectivity index (χ3n) is 3.18. The van der Waals surface area contributed by atoms with Crippen LogP contribution in [0.3, 0.4) is 0 Å². The van der Waals surface area contributed by atoms with Crippen LogP contribution in [0.5, 0.6) is 0 Å². The molecule has 19 heavy (non-hydrogen) atoms. The summed E-state index contributed by atoms with van der Waals surface area (Å²) in [5.74, 6) is -0.540. The molecule has 0 radical (unpaired) electrons. The number of nitrogens with zero attached hydrogens (tertiary/aromatic N) is 1. The van der Waals surface area contributed by atoms with Crippen LogP contribution in [0.2, 0.25) is 0 Å². The van der Waals surface area contributed by atoms with Crippen molar-refractivity contribution >= 4 is 12.0 Å². The van der Waals surface area contributed by atoms with Crippen molar-refractivity contribution in [2.24, 2.45) is 0 Å². The highest BCUT2D eigenvalue weighted by molar-refractivity contribution is 5.92. The first kappa shape index (κ1) is 13.4. The number of rotatable bonds is 3. The minimum Gasteiger partial charge on any atom is -0.445 e. The van der Waals surface area contributed by atoms with E-state index < -0.39 is 23.6 Å². The maximum atomic E-state index is 11.6. The second-order valence-corrected chi connectivity index (χ2v) is 4.94. The number of carbonyl (C=O) groups is 2. The largest absolute Gasteiger partial charge is 0.445 e. The highest BCUT2D eigenvalue weighted by atomic mass is 16.6. The van der Waals surface area contributed by atoms with Gasteiger partial charge in [-0.3, -0.25) is 10.0 Å². The van der Waals surface area contributed by atoms with Gasteiger partial charge in [-0.25, -0.2) is 9.86 Å². The molecule has 1 saturated heterocycles. The Morgan fingerprint density at radius 2 is 2.05 bits per heavy atom. The average Bonchev–Trinajstić information content (AvgIpc) is 2.42. The maximum Gasteiger partial charge on any atom is 0.408 e. The van der Waals surface area contributed by atoms with E-state index >= 15 is 0 Å². The number of carbonyl (C=O) groups excluding carboxylic acids is 2. The van der Waals surface area contributed by atoms with Gasteiger partial charge in [0.15, 0.2) is 0 Å². The van der Waals surface area contributed by atoms with Crippen LogP contribution in [0.1, 0.15) is 19.4 Å². The molecule has 0 saturated carbocycles. The summed E-state index contributed by atoms with van der Waals surface area (Å²) < 4.78 is 5.01. The molecule has 0 bridgehead atoms. The van der Waals surface area contributed by atoms with Gasteiger partial charge in [0.2, 0.25) is 0 Å². The zero-order valence-corrected chi connectivity index (χ0v) is 10.8. The Labute approximate surface area is 110 Å². The quantitative estimate of drug-likeness (QED) is 0.637. The SMILES string of the molecule is CC1(C)[C@H](NC(=O)OCc2ccccc2)C(=O)N1O. The van der Waals surface area contributed by atoms with Crippen molar-refractivity contribution in [2.45, 2.75) is 32.0 Å². The van der Waals surface area contributed by atoms with E-state index in [2.05, 4.69) is 5.32 Å². The Hall–Kier alpha value is -2.08. The normalized spacial score (nSPS) is 20.7. The number of hydrogen-bond acceptors (Lipinski definition) is 4. The lowest BCUT2D eigenvalue weighted by atomic mass is 9.85. The number of ether oxygens (including phenoxy) is 1. The summed E-state index contributed by atoms with van der Waals surface area (Å²) in [6, 6.07) is 8.47. The fourth-order valence-corrected chi connectivity index (χ4v) is 1.89. The van der Waals surface area contributed by atoms with Crippen LogP contribution >= 0.6 is 0 Å². The first-order chi connectivity index (χ1) is 8.93. The highest BCUT2D eigenvalue weighted by Crippen LogP contribution is 2.29. The van der Waals surface area contributed by atoms with E-state index in [1.807, 2.05) is 30.3 Å². The van der Waals surface area contributed by atoms with Crippen LogP contribution in [0.15, 0.2) is 30.3 Å². The van der Waals surface area contributed by atoms with Crippen LogP contribution in [0, 0.1) is 0 Å². The molecule has 2 rings (SSSR count). The van der Waals surface area contributed by atoms with Crippen LogP contribution in [0.25, 0.3) is 0 Å². The minimum absolute atomic E-state index is 0.136. The van der Waals surface area contributed by atoms with Gasteiger partial charge in [0, 0.05) is 0 Å². The molecule has 0 spiro atoms. The van der Waals surface area contributed by atoms with Crippen molar-refractivity contribution < 1.29 is 19.5 Å². The lowest BCUT2D eigenvalue weighted by Crippen LogP contribution is -2.75. The number of hydrogen-bond donors (Lipinski definition) is 2. The third-order valence-corrected chi connectivity index (χ3v) is 3.18. The fraction of sp³-hybridized carbons (Fsp3) is 0.385. The minimum atomic E-state index is -0.817. The van der Waals surface area contributed by atoms with Crippen molar-refractivity contribution in [3.05, 3.63) is 35.9 Å². The van der Waals surface area contributed by atoms with E-state index in [4.69, 9.17) is 4.74 Å².